The number of rotatable bonds is 7. The first-order valence-electron chi connectivity index (χ1n) is 6.13. The molecule has 1 heterocycles. The van der Waals surface area contributed by atoms with Crippen molar-refractivity contribution >= 4 is 11.9 Å². The van der Waals surface area contributed by atoms with E-state index in [9.17, 15) is 9.59 Å². The molecule has 0 bridgehead atoms. The normalized spacial score (nSPS) is 20.1. The minimum atomic E-state index is -1.03. The minimum absolute atomic E-state index is 0.231. The molecule has 0 unspecified atom stereocenters. The number of carboxylic acids is 1. The van der Waals surface area contributed by atoms with Crippen LogP contribution in [0.1, 0.15) is 32.1 Å². The Bertz CT molecular complexity index is 331. The van der Waals surface area contributed by atoms with Crippen molar-refractivity contribution in [1.82, 2.24) is 5.32 Å². The maximum atomic E-state index is 11.7. The van der Waals surface area contributed by atoms with E-state index in [1.165, 1.54) is 0 Å². The second kappa shape index (κ2) is 7.67. The summed E-state index contributed by atoms with van der Waals surface area (Å²) < 4.78 is 5.09. The third-order valence-corrected chi connectivity index (χ3v) is 2.95. The fourth-order valence-electron chi connectivity index (χ4n) is 1.84. The molecule has 1 fully saturated rings. The van der Waals surface area contributed by atoms with Crippen LogP contribution in [0.5, 0.6) is 0 Å². The lowest BCUT2D eigenvalue weighted by molar-refractivity contribution is -0.142. The van der Waals surface area contributed by atoms with Gasteiger partial charge < -0.3 is 15.2 Å². The number of amides is 1. The van der Waals surface area contributed by atoms with Gasteiger partial charge in [-0.1, -0.05) is 0 Å². The number of nitrogens with zero attached hydrogens (tertiary/aromatic N) is 1. The van der Waals surface area contributed by atoms with E-state index in [1.54, 1.807) is 0 Å². The quantitative estimate of drug-likeness (QED) is 0.651. The molecular formula is C12H18N2O4. The fraction of sp³-hybridized carbons (Fsp3) is 0.750. The molecule has 18 heavy (non-hydrogen) atoms. The average Bonchev–Trinajstić information content (AvgIpc) is 2.86. The summed E-state index contributed by atoms with van der Waals surface area (Å²) in [4.78, 5) is 22.7. The molecule has 6 nitrogen and oxygen atoms in total. The van der Waals surface area contributed by atoms with Gasteiger partial charge in [0.1, 0.15) is 6.04 Å². The molecule has 1 rings (SSSR count). The van der Waals surface area contributed by atoms with Crippen LogP contribution in [0.4, 0.5) is 0 Å². The number of aliphatic carboxylic acids is 1. The molecule has 0 spiro atoms. The van der Waals surface area contributed by atoms with Crippen molar-refractivity contribution in [3.8, 4) is 6.07 Å². The van der Waals surface area contributed by atoms with E-state index in [0.717, 1.165) is 0 Å². The van der Waals surface area contributed by atoms with Crippen LogP contribution in [0.3, 0.4) is 0 Å². The van der Waals surface area contributed by atoms with Gasteiger partial charge >= 0.3 is 5.97 Å². The maximum Gasteiger partial charge on any atom is 0.326 e. The summed E-state index contributed by atoms with van der Waals surface area (Å²) in [6.07, 6.45) is 2.69. The molecule has 100 valence electrons. The number of hydrogen-bond donors (Lipinski definition) is 2. The van der Waals surface area contributed by atoms with Crippen LogP contribution in [0.15, 0.2) is 0 Å². The van der Waals surface area contributed by atoms with Gasteiger partial charge in [-0.25, -0.2) is 4.79 Å². The summed E-state index contributed by atoms with van der Waals surface area (Å²) in [7, 11) is 0. The highest BCUT2D eigenvalue weighted by molar-refractivity contribution is 5.85. The predicted molar refractivity (Wildman–Crippen MR) is 62.6 cm³/mol. The molecule has 6 heteroatoms. The number of carboxylic acid groups (broad SMARTS) is 1. The maximum absolute atomic E-state index is 11.7. The van der Waals surface area contributed by atoms with Crippen molar-refractivity contribution in [2.75, 3.05) is 13.2 Å². The van der Waals surface area contributed by atoms with Crippen molar-refractivity contribution in [1.29, 1.82) is 5.26 Å². The SMILES string of the molecule is N#CCCCC[C@@H](NC(=O)[C@@H]1CCOC1)C(=O)O. The van der Waals surface area contributed by atoms with Gasteiger partial charge in [0.25, 0.3) is 0 Å². The molecule has 0 saturated carbocycles. The van der Waals surface area contributed by atoms with Crippen LogP contribution >= 0.6 is 0 Å². The molecule has 1 amide bonds. The van der Waals surface area contributed by atoms with E-state index >= 15 is 0 Å². The third-order valence-electron chi connectivity index (χ3n) is 2.95. The minimum Gasteiger partial charge on any atom is -0.480 e. The Kier molecular flexibility index (Phi) is 6.15. The summed E-state index contributed by atoms with van der Waals surface area (Å²) in [6, 6.07) is 1.14. The Morgan fingerprint density at radius 3 is 2.83 bits per heavy atom. The van der Waals surface area contributed by atoms with Gasteiger partial charge in [0.15, 0.2) is 0 Å². The molecule has 0 aromatic rings. The standard InChI is InChI=1S/C12H18N2O4/c13-6-3-1-2-4-10(12(16)17)14-11(15)9-5-7-18-8-9/h9-10H,1-5,7-8H2,(H,14,15)(H,16,17)/t9-,10-/m1/s1. The van der Waals surface area contributed by atoms with E-state index < -0.39 is 12.0 Å². The Labute approximate surface area is 106 Å². The van der Waals surface area contributed by atoms with Gasteiger partial charge in [0.05, 0.1) is 18.6 Å². The lowest BCUT2D eigenvalue weighted by Gasteiger charge is -2.16. The molecule has 1 aliphatic rings. The van der Waals surface area contributed by atoms with E-state index in [4.69, 9.17) is 15.1 Å². The van der Waals surface area contributed by atoms with Crippen molar-refractivity contribution in [3.63, 3.8) is 0 Å². The summed E-state index contributed by atoms with van der Waals surface area (Å²) in [5.74, 6) is -1.51. The molecule has 0 radical (unpaired) electrons. The molecule has 2 atom stereocenters. The van der Waals surface area contributed by atoms with Crippen LogP contribution in [0.25, 0.3) is 0 Å². The molecule has 0 aromatic heterocycles. The summed E-state index contributed by atoms with van der Waals surface area (Å²) in [5, 5.41) is 19.9. The topological polar surface area (TPSA) is 99.4 Å². The van der Waals surface area contributed by atoms with Gasteiger partial charge in [0.2, 0.25) is 5.91 Å². The third kappa shape index (κ3) is 4.72. The van der Waals surface area contributed by atoms with Crippen LogP contribution in [-0.2, 0) is 14.3 Å². The number of carbonyl (C=O) groups excluding carboxylic acids is 1. The van der Waals surface area contributed by atoms with Crippen molar-refractivity contribution < 1.29 is 19.4 Å². The van der Waals surface area contributed by atoms with E-state index in [1.807, 2.05) is 6.07 Å². The average molecular weight is 254 g/mol. The zero-order valence-corrected chi connectivity index (χ0v) is 10.2. The Balaban J connectivity index is 2.34. The smallest absolute Gasteiger partial charge is 0.326 e. The van der Waals surface area contributed by atoms with Crippen LogP contribution in [-0.4, -0.2) is 36.2 Å². The molecule has 1 aliphatic heterocycles. The van der Waals surface area contributed by atoms with E-state index in [-0.39, 0.29) is 11.8 Å². The van der Waals surface area contributed by atoms with E-state index in [2.05, 4.69) is 5.32 Å². The Morgan fingerprint density at radius 2 is 2.28 bits per heavy atom. The van der Waals surface area contributed by atoms with Crippen LogP contribution in [0, 0.1) is 17.2 Å². The number of carbonyl (C=O) groups is 2. The number of nitrogens with one attached hydrogen (secondary N) is 1. The Morgan fingerprint density at radius 1 is 1.50 bits per heavy atom. The number of nitriles is 1. The summed E-state index contributed by atoms with van der Waals surface area (Å²) >= 11 is 0. The van der Waals surface area contributed by atoms with Gasteiger partial charge in [0, 0.05) is 13.0 Å². The summed E-state index contributed by atoms with van der Waals surface area (Å²) in [5.41, 5.74) is 0. The second-order valence-electron chi connectivity index (χ2n) is 4.36. The van der Waals surface area contributed by atoms with Crippen LogP contribution < -0.4 is 5.32 Å². The van der Waals surface area contributed by atoms with E-state index in [0.29, 0.717) is 45.3 Å². The molecule has 0 aliphatic carbocycles. The predicted octanol–water partition coefficient (Wildman–Crippen LogP) is 0.676. The zero-order chi connectivity index (χ0) is 13.4. The van der Waals surface area contributed by atoms with Crippen molar-refractivity contribution in [2.24, 2.45) is 5.92 Å². The first kappa shape index (κ1) is 14.5. The first-order valence-corrected chi connectivity index (χ1v) is 6.13. The lowest BCUT2D eigenvalue weighted by atomic mass is 10.1. The van der Waals surface area contributed by atoms with Gasteiger partial charge in [-0.3, -0.25) is 4.79 Å². The molecule has 2 N–H and O–H groups in total. The highest BCUT2D eigenvalue weighted by Gasteiger charge is 2.27. The second-order valence-corrected chi connectivity index (χ2v) is 4.36. The first-order chi connectivity index (χ1) is 8.65. The molecule has 0 aromatic carbocycles. The summed E-state index contributed by atoms with van der Waals surface area (Å²) in [6.45, 7) is 0.921. The van der Waals surface area contributed by atoms with Crippen molar-refractivity contribution in [2.45, 2.75) is 38.1 Å². The van der Waals surface area contributed by atoms with Gasteiger partial charge in [-0.05, 0) is 25.7 Å². The molecule has 1 saturated heterocycles. The van der Waals surface area contributed by atoms with Crippen molar-refractivity contribution in [3.05, 3.63) is 0 Å². The number of unbranched alkanes of at least 4 members (excludes halogenated alkanes) is 2. The fourth-order valence-corrected chi connectivity index (χ4v) is 1.84. The largest absolute Gasteiger partial charge is 0.480 e. The van der Waals surface area contributed by atoms with Crippen LogP contribution in [0.2, 0.25) is 0 Å². The number of hydrogen-bond acceptors (Lipinski definition) is 4. The molecular weight excluding hydrogens is 236 g/mol. The van der Waals surface area contributed by atoms with Gasteiger partial charge in [-0.2, -0.15) is 5.26 Å². The monoisotopic (exact) mass is 254 g/mol. The Hall–Kier alpha value is -1.61. The number of ether oxygens (including phenoxy) is 1. The lowest BCUT2D eigenvalue weighted by Crippen LogP contribution is -2.43. The van der Waals surface area contributed by atoms with Gasteiger partial charge in [-0.15, -0.1) is 0 Å². The highest BCUT2D eigenvalue weighted by Crippen LogP contribution is 2.13. The zero-order valence-electron chi connectivity index (χ0n) is 10.2. The highest BCUT2D eigenvalue weighted by atomic mass is 16.5.